The van der Waals surface area contributed by atoms with Gasteiger partial charge in [0.1, 0.15) is 5.82 Å². The first-order valence-electron chi connectivity index (χ1n) is 6.49. The summed E-state index contributed by atoms with van der Waals surface area (Å²) in [7, 11) is 0. The maximum absolute atomic E-state index is 5.62. The highest BCUT2D eigenvalue weighted by atomic mass is 15.3. The Labute approximate surface area is 117 Å². The van der Waals surface area contributed by atoms with Crippen molar-refractivity contribution in [2.24, 2.45) is 0 Å². The lowest BCUT2D eigenvalue weighted by atomic mass is 10.1. The standard InChI is InChI=1S/C16H16N4/c1-11-8-12(2)20(19-11)15-5-3-4-13(9-15)14-6-7-16(17)18-10-14/h3-10H,1-2H3,(H2,17,18). The molecule has 3 rings (SSSR count). The maximum atomic E-state index is 5.62. The zero-order valence-corrected chi connectivity index (χ0v) is 11.5. The SMILES string of the molecule is Cc1cc(C)n(-c2cccc(-c3ccc(N)nc3)c2)n1. The van der Waals surface area contributed by atoms with Crippen molar-refractivity contribution in [1.82, 2.24) is 14.8 Å². The molecule has 0 spiro atoms. The lowest BCUT2D eigenvalue weighted by Gasteiger charge is -2.07. The molecule has 2 N–H and O–H groups in total. The van der Waals surface area contributed by atoms with E-state index in [0.717, 1.165) is 28.2 Å². The highest BCUT2D eigenvalue weighted by Gasteiger charge is 2.05. The van der Waals surface area contributed by atoms with Crippen molar-refractivity contribution in [3.63, 3.8) is 0 Å². The average molecular weight is 264 g/mol. The van der Waals surface area contributed by atoms with Crippen molar-refractivity contribution in [1.29, 1.82) is 0 Å². The van der Waals surface area contributed by atoms with Gasteiger partial charge in [0.2, 0.25) is 0 Å². The minimum Gasteiger partial charge on any atom is -0.384 e. The van der Waals surface area contributed by atoms with E-state index < -0.39 is 0 Å². The van der Waals surface area contributed by atoms with Crippen LogP contribution in [-0.2, 0) is 0 Å². The molecule has 100 valence electrons. The summed E-state index contributed by atoms with van der Waals surface area (Å²) in [6.07, 6.45) is 1.79. The molecule has 2 aromatic heterocycles. The van der Waals surface area contributed by atoms with Gasteiger partial charge in [-0.05, 0) is 49.7 Å². The number of rotatable bonds is 2. The Morgan fingerprint density at radius 3 is 2.50 bits per heavy atom. The highest BCUT2D eigenvalue weighted by molar-refractivity contribution is 5.66. The van der Waals surface area contributed by atoms with Crippen molar-refractivity contribution < 1.29 is 0 Å². The number of hydrogen-bond acceptors (Lipinski definition) is 3. The number of anilines is 1. The van der Waals surface area contributed by atoms with Crippen LogP contribution in [0.15, 0.2) is 48.7 Å². The van der Waals surface area contributed by atoms with Crippen LogP contribution in [0.4, 0.5) is 5.82 Å². The van der Waals surface area contributed by atoms with E-state index in [1.165, 1.54) is 0 Å². The van der Waals surface area contributed by atoms with Crippen LogP contribution in [0.2, 0.25) is 0 Å². The van der Waals surface area contributed by atoms with E-state index in [0.29, 0.717) is 5.82 Å². The number of nitrogens with two attached hydrogens (primary N) is 1. The summed E-state index contributed by atoms with van der Waals surface area (Å²) in [5.74, 6) is 0.531. The van der Waals surface area contributed by atoms with E-state index in [1.54, 1.807) is 6.20 Å². The lowest BCUT2D eigenvalue weighted by Crippen LogP contribution is -1.99. The van der Waals surface area contributed by atoms with Crippen LogP contribution in [0.25, 0.3) is 16.8 Å². The molecule has 20 heavy (non-hydrogen) atoms. The molecule has 0 aliphatic heterocycles. The van der Waals surface area contributed by atoms with Gasteiger partial charge in [0, 0.05) is 17.5 Å². The number of nitrogen functional groups attached to an aromatic ring is 1. The minimum absolute atomic E-state index is 0.531. The van der Waals surface area contributed by atoms with Gasteiger partial charge in [-0.15, -0.1) is 0 Å². The first-order chi connectivity index (χ1) is 9.63. The second-order valence-electron chi connectivity index (χ2n) is 4.86. The Hall–Kier alpha value is -2.62. The molecule has 4 nitrogen and oxygen atoms in total. The fourth-order valence-corrected chi connectivity index (χ4v) is 2.28. The minimum atomic E-state index is 0.531. The second-order valence-corrected chi connectivity index (χ2v) is 4.86. The summed E-state index contributed by atoms with van der Waals surface area (Å²) in [5, 5.41) is 4.51. The zero-order valence-electron chi connectivity index (χ0n) is 11.5. The molecule has 0 aliphatic rings. The van der Waals surface area contributed by atoms with Gasteiger partial charge < -0.3 is 5.73 Å². The number of aromatic nitrogens is 3. The van der Waals surface area contributed by atoms with Crippen molar-refractivity contribution in [2.45, 2.75) is 13.8 Å². The van der Waals surface area contributed by atoms with Gasteiger partial charge in [0.05, 0.1) is 11.4 Å². The van der Waals surface area contributed by atoms with E-state index in [9.17, 15) is 0 Å². The molecule has 0 aliphatic carbocycles. The molecular weight excluding hydrogens is 248 g/mol. The average Bonchev–Trinajstić information content (AvgIpc) is 2.79. The van der Waals surface area contributed by atoms with Crippen LogP contribution in [0.3, 0.4) is 0 Å². The predicted octanol–water partition coefficient (Wildman–Crippen LogP) is 3.13. The van der Waals surface area contributed by atoms with Gasteiger partial charge in [-0.25, -0.2) is 9.67 Å². The van der Waals surface area contributed by atoms with Crippen molar-refractivity contribution in [3.8, 4) is 16.8 Å². The number of benzene rings is 1. The second kappa shape index (κ2) is 4.81. The summed E-state index contributed by atoms with van der Waals surface area (Å²) < 4.78 is 1.95. The third kappa shape index (κ3) is 2.28. The van der Waals surface area contributed by atoms with Crippen molar-refractivity contribution >= 4 is 5.82 Å². The molecule has 0 fully saturated rings. The van der Waals surface area contributed by atoms with Crippen molar-refractivity contribution in [3.05, 3.63) is 60.0 Å². The summed E-state index contributed by atoms with van der Waals surface area (Å²) >= 11 is 0. The number of pyridine rings is 1. The molecule has 3 aromatic rings. The van der Waals surface area contributed by atoms with E-state index in [-0.39, 0.29) is 0 Å². The molecule has 2 heterocycles. The van der Waals surface area contributed by atoms with Gasteiger partial charge in [-0.3, -0.25) is 0 Å². The summed E-state index contributed by atoms with van der Waals surface area (Å²) in [5.41, 5.74) is 10.9. The van der Waals surface area contributed by atoms with Crippen LogP contribution in [0.5, 0.6) is 0 Å². The van der Waals surface area contributed by atoms with E-state index >= 15 is 0 Å². The normalized spacial score (nSPS) is 10.7. The smallest absolute Gasteiger partial charge is 0.123 e. The fraction of sp³-hybridized carbons (Fsp3) is 0.125. The monoisotopic (exact) mass is 264 g/mol. The quantitative estimate of drug-likeness (QED) is 0.773. The van der Waals surface area contributed by atoms with Gasteiger partial charge in [0.25, 0.3) is 0 Å². The molecule has 0 amide bonds. The third-order valence-corrected chi connectivity index (χ3v) is 3.22. The van der Waals surface area contributed by atoms with Crippen molar-refractivity contribution in [2.75, 3.05) is 5.73 Å². The number of nitrogens with zero attached hydrogens (tertiary/aromatic N) is 3. The van der Waals surface area contributed by atoms with E-state index in [1.807, 2.05) is 35.9 Å². The van der Waals surface area contributed by atoms with Gasteiger partial charge >= 0.3 is 0 Å². The molecule has 0 radical (unpaired) electrons. The largest absolute Gasteiger partial charge is 0.384 e. The predicted molar refractivity (Wildman–Crippen MR) is 80.7 cm³/mol. The maximum Gasteiger partial charge on any atom is 0.123 e. The first-order valence-corrected chi connectivity index (χ1v) is 6.49. The van der Waals surface area contributed by atoms with Crippen LogP contribution in [0.1, 0.15) is 11.4 Å². The van der Waals surface area contributed by atoms with Crippen LogP contribution >= 0.6 is 0 Å². The molecule has 0 bridgehead atoms. The van der Waals surface area contributed by atoms with E-state index in [2.05, 4.69) is 35.2 Å². The Kier molecular flexibility index (Phi) is 2.99. The van der Waals surface area contributed by atoms with Gasteiger partial charge in [0.15, 0.2) is 0 Å². The van der Waals surface area contributed by atoms with Crippen LogP contribution in [0, 0.1) is 13.8 Å². The molecule has 0 atom stereocenters. The molecular formula is C16H16N4. The third-order valence-electron chi connectivity index (χ3n) is 3.22. The Morgan fingerprint density at radius 2 is 1.85 bits per heavy atom. The first kappa shape index (κ1) is 12.4. The van der Waals surface area contributed by atoms with Crippen LogP contribution < -0.4 is 5.73 Å². The zero-order chi connectivity index (χ0) is 14.1. The van der Waals surface area contributed by atoms with Crippen LogP contribution in [-0.4, -0.2) is 14.8 Å². The molecule has 4 heteroatoms. The van der Waals surface area contributed by atoms with Gasteiger partial charge in [-0.2, -0.15) is 5.10 Å². The highest BCUT2D eigenvalue weighted by Crippen LogP contribution is 2.22. The lowest BCUT2D eigenvalue weighted by molar-refractivity contribution is 0.834. The summed E-state index contributed by atoms with van der Waals surface area (Å²) in [6.45, 7) is 4.05. The molecule has 0 saturated carbocycles. The van der Waals surface area contributed by atoms with Gasteiger partial charge in [-0.1, -0.05) is 12.1 Å². The molecule has 0 saturated heterocycles. The molecule has 1 aromatic carbocycles. The number of aryl methyl sites for hydroxylation is 2. The number of hydrogen-bond donors (Lipinski definition) is 1. The molecule has 0 unspecified atom stereocenters. The Bertz CT molecular complexity index is 741. The Morgan fingerprint density at radius 1 is 1.00 bits per heavy atom. The van der Waals surface area contributed by atoms with E-state index in [4.69, 9.17) is 5.73 Å². The summed E-state index contributed by atoms with van der Waals surface area (Å²) in [4.78, 5) is 4.13. The topological polar surface area (TPSA) is 56.7 Å². The Balaban J connectivity index is 2.06. The summed E-state index contributed by atoms with van der Waals surface area (Å²) in [6, 6.07) is 14.1. The fourth-order valence-electron chi connectivity index (χ4n) is 2.28.